The summed E-state index contributed by atoms with van der Waals surface area (Å²) >= 11 is 0. The first-order valence-electron chi connectivity index (χ1n) is 18.2. The lowest BCUT2D eigenvalue weighted by molar-refractivity contribution is -0.154. The van der Waals surface area contributed by atoms with Crippen LogP contribution < -0.4 is 0 Å². The van der Waals surface area contributed by atoms with E-state index in [4.69, 9.17) is 9.47 Å². The Balaban J connectivity index is 3.49. The SMILES string of the molecule is CC/C=C\C/C=C\C/C=C\CCCCCCCC(=O)OC(CO)COCCCCCCCC/C=C\CCCCCCCC. The minimum atomic E-state index is -0.545. The molecular formula is C39H70O4. The first-order valence-corrected chi connectivity index (χ1v) is 18.2. The van der Waals surface area contributed by atoms with E-state index in [0.29, 0.717) is 13.0 Å². The molecule has 43 heavy (non-hydrogen) atoms. The normalized spacial score (nSPS) is 12.9. The number of rotatable bonds is 33. The van der Waals surface area contributed by atoms with Gasteiger partial charge in [-0.15, -0.1) is 0 Å². The number of hydrogen-bond donors (Lipinski definition) is 1. The molecule has 0 rings (SSSR count). The third-order valence-corrected chi connectivity index (χ3v) is 7.64. The van der Waals surface area contributed by atoms with Gasteiger partial charge in [-0.1, -0.05) is 140 Å². The van der Waals surface area contributed by atoms with Gasteiger partial charge >= 0.3 is 5.97 Å². The maximum atomic E-state index is 12.1. The fraction of sp³-hybridized carbons (Fsp3) is 0.769. The highest BCUT2D eigenvalue weighted by Crippen LogP contribution is 2.11. The second-order valence-corrected chi connectivity index (χ2v) is 11.9. The number of hydrogen-bond acceptors (Lipinski definition) is 4. The summed E-state index contributed by atoms with van der Waals surface area (Å²) in [6.45, 7) is 5.19. The number of ether oxygens (including phenoxy) is 2. The molecule has 0 aromatic carbocycles. The molecule has 1 unspecified atom stereocenters. The molecule has 250 valence electrons. The number of carbonyl (C=O) groups is 1. The number of carbonyl (C=O) groups excluding carboxylic acids is 1. The molecule has 1 atom stereocenters. The average Bonchev–Trinajstić information content (AvgIpc) is 3.01. The number of aliphatic hydroxyl groups excluding tert-OH is 1. The minimum Gasteiger partial charge on any atom is -0.457 e. The van der Waals surface area contributed by atoms with Crippen LogP contribution in [0.1, 0.15) is 168 Å². The Labute approximate surface area is 267 Å². The molecule has 0 spiro atoms. The van der Waals surface area contributed by atoms with Crippen molar-refractivity contribution < 1.29 is 19.4 Å². The zero-order chi connectivity index (χ0) is 31.3. The number of esters is 1. The molecule has 0 aromatic heterocycles. The quantitative estimate of drug-likeness (QED) is 0.0461. The molecule has 0 fully saturated rings. The second kappa shape index (κ2) is 36.5. The first kappa shape index (κ1) is 41.4. The Morgan fingerprint density at radius 3 is 1.60 bits per heavy atom. The smallest absolute Gasteiger partial charge is 0.306 e. The van der Waals surface area contributed by atoms with E-state index in [2.05, 4.69) is 62.5 Å². The van der Waals surface area contributed by atoms with E-state index in [1.807, 2.05) is 0 Å². The summed E-state index contributed by atoms with van der Waals surface area (Å²) < 4.78 is 11.1. The Morgan fingerprint density at radius 1 is 0.581 bits per heavy atom. The highest BCUT2D eigenvalue weighted by Gasteiger charge is 2.13. The topological polar surface area (TPSA) is 55.8 Å². The number of aliphatic hydroxyl groups is 1. The second-order valence-electron chi connectivity index (χ2n) is 11.9. The fourth-order valence-electron chi connectivity index (χ4n) is 4.92. The van der Waals surface area contributed by atoms with E-state index in [0.717, 1.165) is 51.4 Å². The predicted molar refractivity (Wildman–Crippen MR) is 187 cm³/mol. The van der Waals surface area contributed by atoms with Crippen LogP contribution in [0, 0.1) is 0 Å². The standard InChI is InChI=1S/C39H70O4/c1-3-5-7-9-11-13-15-17-19-21-23-25-27-29-31-33-35-42-37-38(36-40)43-39(41)34-32-30-28-26-24-22-20-18-16-14-12-10-8-6-4-2/h6,8,12,14,17-20,38,40H,3-5,7,9-11,13,15-16,21-37H2,1-2H3/b8-6-,14-12-,19-17-,20-18-. The maximum absolute atomic E-state index is 12.1. The van der Waals surface area contributed by atoms with Gasteiger partial charge in [0.15, 0.2) is 0 Å². The van der Waals surface area contributed by atoms with Crippen LogP contribution >= 0.6 is 0 Å². The zero-order valence-electron chi connectivity index (χ0n) is 28.5. The van der Waals surface area contributed by atoms with E-state index in [-0.39, 0.29) is 19.2 Å². The van der Waals surface area contributed by atoms with Crippen molar-refractivity contribution >= 4 is 5.97 Å². The Bertz CT molecular complexity index is 679. The summed E-state index contributed by atoms with van der Waals surface area (Å²) in [5, 5.41) is 9.55. The van der Waals surface area contributed by atoms with E-state index >= 15 is 0 Å². The Hall–Kier alpha value is -1.65. The summed E-state index contributed by atoms with van der Waals surface area (Å²) in [4.78, 5) is 12.1. The van der Waals surface area contributed by atoms with Crippen LogP contribution in [-0.2, 0) is 14.3 Å². The van der Waals surface area contributed by atoms with Crippen LogP contribution in [0.15, 0.2) is 48.6 Å². The molecule has 0 saturated heterocycles. The molecule has 0 amide bonds. The van der Waals surface area contributed by atoms with Crippen molar-refractivity contribution in [2.75, 3.05) is 19.8 Å². The molecule has 0 radical (unpaired) electrons. The summed E-state index contributed by atoms with van der Waals surface area (Å²) in [6, 6.07) is 0. The van der Waals surface area contributed by atoms with Gasteiger partial charge < -0.3 is 14.6 Å². The molecule has 0 aromatic rings. The van der Waals surface area contributed by atoms with Crippen LogP contribution in [0.2, 0.25) is 0 Å². The average molecular weight is 603 g/mol. The van der Waals surface area contributed by atoms with Gasteiger partial charge in [0.2, 0.25) is 0 Å². The molecule has 0 saturated carbocycles. The zero-order valence-corrected chi connectivity index (χ0v) is 28.5. The van der Waals surface area contributed by atoms with Gasteiger partial charge in [-0.25, -0.2) is 0 Å². The van der Waals surface area contributed by atoms with Gasteiger partial charge in [-0.05, 0) is 70.6 Å². The third-order valence-electron chi connectivity index (χ3n) is 7.64. The van der Waals surface area contributed by atoms with Crippen molar-refractivity contribution in [1.29, 1.82) is 0 Å². The summed E-state index contributed by atoms with van der Waals surface area (Å²) in [7, 11) is 0. The van der Waals surface area contributed by atoms with Crippen LogP contribution in [-0.4, -0.2) is 37.0 Å². The number of unbranched alkanes of at least 4 members (excludes halogenated alkanes) is 17. The summed E-state index contributed by atoms with van der Waals surface area (Å²) in [5.74, 6) is -0.221. The van der Waals surface area contributed by atoms with Gasteiger partial charge in [0.1, 0.15) is 6.10 Å². The molecule has 0 bridgehead atoms. The largest absolute Gasteiger partial charge is 0.457 e. The van der Waals surface area contributed by atoms with Gasteiger partial charge in [0.25, 0.3) is 0 Å². The Kier molecular flexibility index (Phi) is 35.1. The third kappa shape index (κ3) is 34.7. The van der Waals surface area contributed by atoms with E-state index in [9.17, 15) is 9.90 Å². The minimum absolute atomic E-state index is 0.182. The van der Waals surface area contributed by atoms with Crippen molar-refractivity contribution in [3.05, 3.63) is 48.6 Å². The summed E-state index contributed by atoms with van der Waals surface area (Å²) in [5.41, 5.74) is 0. The molecule has 4 heteroatoms. The molecule has 4 nitrogen and oxygen atoms in total. The van der Waals surface area contributed by atoms with Crippen molar-refractivity contribution in [2.24, 2.45) is 0 Å². The van der Waals surface area contributed by atoms with Gasteiger partial charge in [0, 0.05) is 13.0 Å². The van der Waals surface area contributed by atoms with Crippen molar-refractivity contribution in [1.82, 2.24) is 0 Å². The van der Waals surface area contributed by atoms with Crippen LogP contribution in [0.5, 0.6) is 0 Å². The van der Waals surface area contributed by atoms with Crippen molar-refractivity contribution in [2.45, 2.75) is 174 Å². The molecular weight excluding hydrogens is 532 g/mol. The van der Waals surface area contributed by atoms with Crippen molar-refractivity contribution in [3.8, 4) is 0 Å². The first-order chi connectivity index (χ1) is 21.2. The van der Waals surface area contributed by atoms with E-state index in [1.165, 1.54) is 96.3 Å². The maximum Gasteiger partial charge on any atom is 0.306 e. The fourth-order valence-corrected chi connectivity index (χ4v) is 4.92. The molecule has 0 aliphatic rings. The lowest BCUT2D eigenvalue weighted by atomic mass is 10.1. The van der Waals surface area contributed by atoms with E-state index < -0.39 is 6.10 Å². The van der Waals surface area contributed by atoms with Gasteiger partial charge in [0.05, 0.1) is 13.2 Å². The van der Waals surface area contributed by atoms with Crippen LogP contribution in [0.3, 0.4) is 0 Å². The summed E-state index contributed by atoms with van der Waals surface area (Å²) in [6.07, 6.45) is 45.8. The van der Waals surface area contributed by atoms with Gasteiger partial charge in [-0.3, -0.25) is 4.79 Å². The molecule has 1 N–H and O–H groups in total. The Morgan fingerprint density at radius 2 is 1.05 bits per heavy atom. The van der Waals surface area contributed by atoms with Crippen LogP contribution in [0.25, 0.3) is 0 Å². The predicted octanol–water partition coefficient (Wildman–Crippen LogP) is 11.5. The van der Waals surface area contributed by atoms with Crippen LogP contribution in [0.4, 0.5) is 0 Å². The lowest BCUT2D eigenvalue weighted by Gasteiger charge is -2.15. The molecule has 0 aliphatic heterocycles. The molecule has 0 aliphatic carbocycles. The lowest BCUT2D eigenvalue weighted by Crippen LogP contribution is -2.27. The molecule has 0 heterocycles. The highest BCUT2D eigenvalue weighted by atomic mass is 16.6. The number of allylic oxidation sites excluding steroid dienone is 8. The monoisotopic (exact) mass is 603 g/mol. The van der Waals surface area contributed by atoms with E-state index in [1.54, 1.807) is 0 Å². The van der Waals surface area contributed by atoms with Gasteiger partial charge in [-0.2, -0.15) is 0 Å². The highest BCUT2D eigenvalue weighted by molar-refractivity contribution is 5.69. The van der Waals surface area contributed by atoms with Crippen molar-refractivity contribution in [3.63, 3.8) is 0 Å².